The molecule has 0 aromatic heterocycles. The van der Waals surface area contributed by atoms with E-state index < -0.39 is 21.3 Å². The molecular weight excluding hydrogens is 263 g/mol. The van der Waals surface area contributed by atoms with E-state index in [4.69, 9.17) is 0 Å². The molecule has 1 aliphatic rings. The topological polar surface area (TPSA) is 99.0 Å². The molecule has 0 saturated carbocycles. The third-order valence-corrected chi connectivity index (χ3v) is 3.18. The van der Waals surface area contributed by atoms with Crippen LogP contribution in [0, 0.1) is 0 Å². The van der Waals surface area contributed by atoms with Crippen molar-refractivity contribution in [3.63, 3.8) is 0 Å². The summed E-state index contributed by atoms with van der Waals surface area (Å²) >= 11 is -2.28. The summed E-state index contributed by atoms with van der Waals surface area (Å²) < 4.78 is 49.8. The molecule has 2 rings (SSSR count). The Bertz CT molecular complexity index is 655. The van der Waals surface area contributed by atoms with Crippen molar-refractivity contribution in [2.24, 2.45) is 8.80 Å². The molecule has 0 amide bonds. The second-order valence-corrected chi connectivity index (χ2v) is 5.02. The number of benzene rings is 1. The summed E-state index contributed by atoms with van der Waals surface area (Å²) in [7, 11) is -3.81. The Morgan fingerprint density at radius 1 is 1.31 bits per heavy atom. The van der Waals surface area contributed by atoms with Gasteiger partial charge >= 0.3 is 39.8 Å². The van der Waals surface area contributed by atoms with Crippen LogP contribution < -0.4 is 40.3 Å². The predicted molar refractivity (Wildman–Crippen MR) is 50.3 cm³/mol. The molecule has 0 fully saturated rings. The summed E-state index contributed by atoms with van der Waals surface area (Å²) in [5.41, 5.74) is 0.339. The zero-order valence-corrected chi connectivity index (χ0v) is 11.9. The van der Waals surface area contributed by atoms with Crippen molar-refractivity contribution < 1.29 is 46.7 Å². The Hall–Kier alpha value is -0.120. The van der Waals surface area contributed by atoms with Gasteiger partial charge in [-0.05, 0) is 11.6 Å². The van der Waals surface area contributed by atoms with E-state index in [0.29, 0.717) is 5.56 Å². The number of rotatable bonds is 2. The first-order valence-electron chi connectivity index (χ1n) is 3.87. The van der Waals surface area contributed by atoms with Crippen LogP contribution in [0.5, 0.6) is 0 Å². The molecule has 0 N–H and O–H groups in total. The van der Waals surface area contributed by atoms with Gasteiger partial charge < -0.3 is 4.55 Å². The van der Waals surface area contributed by atoms with Crippen LogP contribution in [0.4, 0.5) is 0 Å². The third kappa shape index (κ3) is 2.96. The van der Waals surface area contributed by atoms with Crippen LogP contribution in [0.2, 0.25) is 0 Å². The monoisotopic (exact) mass is 268 g/mol. The summed E-state index contributed by atoms with van der Waals surface area (Å²) in [5.74, 6) is -0.266. The van der Waals surface area contributed by atoms with Crippen molar-refractivity contribution in [3.05, 3.63) is 34.5 Å². The van der Waals surface area contributed by atoms with Crippen molar-refractivity contribution in [2.75, 3.05) is 0 Å². The molecule has 9 heteroatoms. The van der Waals surface area contributed by atoms with E-state index in [0.717, 1.165) is 0 Å². The number of hydrogen-bond donors (Lipinski definition) is 0. The Balaban J connectivity index is 0.00000128. The molecule has 1 heterocycles. The molecule has 16 heavy (non-hydrogen) atoms. The SMILES string of the molecule is O=S([O-])Cc1cccc2c1=NS(=O)(=O)N=2.[Na+]. The second-order valence-electron chi connectivity index (χ2n) is 2.86. The van der Waals surface area contributed by atoms with E-state index >= 15 is 0 Å². The maximum Gasteiger partial charge on any atom is 1.00 e. The minimum absolute atomic E-state index is 0. The van der Waals surface area contributed by atoms with Gasteiger partial charge in [0.2, 0.25) is 0 Å². The molecular formula is C7H5N2NaO4S2. The van der Waals surface area contributed by atoms with E-state index in [-0.39, 0.29) is 46.0 Å². The molecule has 1 aromatic rings. The van der Waals surface area contributed by atoms with Crippen LogP contribution in [-0.2, 0) is 27.0 Å². The maximum atomic E-state index is 11.0. The van der Waals surface area contributed by atoms with Crippen LogP contribution in [0.3, 0.4) is 0 Å². The van der Waals surface area contributed by atoms with E-state index in [1.165, 1.54) is 12.1 Å². The molecule has 1 aliphatic heterocycles. The minimum atomic E-state index is -3.81. The zero-order chi connectivity index (χ0) is 11.1. The fourth-order valence-electron chi connectivity index (χ4n) is 1.26. The molecule has 1 atom stereocenters. The Morgan fingerprint density at radius 3 is 2.62 bits per heavy atom. The fraction of sp³-hybridized carbons (Fsp3) is 0.143. The standard InChI is InChI=1S/C7H6N2O4S2.Na/c10-14(11)4-5-2-1-3-6-7(5)9-15(12,13)8-6;/h1-3H,4H2,(H,10,11);/q;+1/p-1. The fourth-order valence-corrected chi connectivity index (χ4v) is 2.63. The van der Waals surface area contributed by atoms with Gasteiger partial charge in [-0.25, -0.2) is 0 Å². The van der Waals surface area contributed by atoms with Gasteiger partial charge in [-0.1, -0.05) is 23.2 Å². The van der Waals surface area contributed by atoms with Crippen LogP contribution >= 0.6 is 0 Å². The number of nitrogens with zero attached hydrogens (tertiary/aromatic N) is 2. The summed E-state index contributed by atoms with van der Waals surface area (Å²) in [6.07, 6.45) is 0. The zero-order valence-electron chi connectivity index (χ0n) is 8.28. The normalized spacial score (nSPS) is 17.6. The van der Waals surface area contributed by atoms with E-state index in [9.17, 15) is 17.2 Å². The van der Waals surface area contributed by atoms with Gasteiger partial charge in [-0.15, -0.1) is 8.80 Å². The average molecular weight is 268 g/mol. The summed E-state index contributed by atoms with van der Waals surface area (Å²) in [4.78, 5) is 0. The van der Waals surface area contributed by atoms with Crippen molar-refractivity contribution in [2.45, 2.75) is 5.75 Å². The molecule has 1 unspecified atom stereocenters. The van der Waals surface area contributed by atoms with E-state index in [2.05, 4.69) is 8.80 Å². The molecule has 0 bridgehead atoms. The van der Waals surface area contributed by atoms with E-state index in [1.54, 1.807) is 6.07 Å². The first-order valence-corrected chi connectivity index (χ1v) is 6.51. The first-order chi connectivity index (χ1) is 6.98. The molecule has 1 aromatic carbocycles. The minimum Gasteiger partial charge on any atom is -0.772 e. The molecule has 0 spiro atoms. The van der Waals surface area contributed by atoms with Gasteiger partial charge in [-0.2, -0.15) is 8.42 Å². The van der Waals surface area contributed by atoms with Crippen LogP contribution in [0.25, 0.3) is 0 Å². The molecule has 0 saturated heterocycles. The van der Waals surface area contributed by atoms with Gasteiger partial charge in [0.15, 0.2) is 0 Å². The molecule has 6 nitrogen and oxygen atoms in total. The molecule has 80 valence electrons. The van der Waals surface area contributed by atoms with Gasteiger partial charge in [-0.3, -0.25) is 4.21 Å². The molecule has 0 aliphatic carbocycles. The third-order valence-electron chi connectivity index (χ3n) is 1.79. The first kappa shape index (κ1) is 13.9. The predicted octanol–water partition coefficient (Wildman–Crippen LogP) is -4.43. The Kier molecular flexibility index (Phi) is 4.38. The van der Waals surface area contributed by atoms with Crippen molar-refractivity contribution in [1.29, 1.82) is 0 Å². The van der Waals surface area contributed by atoms with Crippen molar-refractivity contribution in [1.82, 2.24) is 0 Å². The van der Waals surface area contributed by atoms with Crippen LogP contribution in [0.15, 0.2) is 27.0 Å². The second kappa shape index (κ2) is 5.03. The number of fused-ring (bicyclic) bond motifs is 1. The van der Waals surface area contributed by atoms with Crippen LogP contribution in [0.1, 0.15) is 5.56 Å². The average Bonchev–Trinajstić information content (AvgIpc) is 2.39. The number of hydrogen-bond acceptors (Lipinski definition) is 4. The van der Waals surface area contributed by atoms with Crippen LogP contribution in [-0.4, -0.2) is 17.2 Å². The summed E-state index contributed by atoms with van der Waals surface area (Å²) in [6.45, 7) is 0. The smallest absolute Gasteiger partial charge is 0.772 e. The Morgan fingerprint density at radius 2 is 2.00 bits per heavy atom. The Labute approximate surface area is 116 Å². The maximum absolute atomic E-state index is 11.0. The quantitative estimate of drug-likeness (QED) is 0.399. The van der Waals surface area contributed by atoms with Gasteiger partial charge in [0.05, 0.1) is 0 Å². The summed E-state index contributed by atoms with van der Waals surface area (Å²) in [5, 5.41) is 0.319. The largest absolute Gasteiger partial charge is 1.00 e. The van der Waals surface area contributed by atoms with E-state index in [1.807, 2.05) is 0 Å². The van der Waals surface area contributed by atoms with Crippen molar-refractivity contribution >= 4 is 21.3 Å². The molecule has 0 radical (unpaired) electrons. The summed E-state index contributed by atoms with van der Waals surface area (Å²) in [6, 6.07) is 4.52. The van der Waals surface area contributed by atoms with Crippen molar-refractivity contribution in [3.8, 4) is 0 Å². The van der Waals surface area contributed by atoms with Gasteiger partial charge in [0, 0.05) is 5.75 Å². The van der Waals surface area contributed by atoms with Gasteiger partial charge in [0.1, 0.15) is 10.7 Å². The van der Waals surface area contributed by atoms with Gasteiger partial charge in [0.25, 0.3) is 0 Å².